The third kappa shape index (κ3) is 3.16. The predicted molar refractivity (Wildman–Crippen MR) is 85.4 cm³/mol. The molecule has 0 aliphatic heterocycles. The maximum atomic E-state index is 12.7. The van der Waals surface area contributed by atoms with Crippen LogP contribution in [0.2, 0.25) is 0 Å². The summed E-state index contributed by atoms with van der Waals surface area (Å²) in [5.41, 5.74) is 6.85. The molecule has 0 saturated carbocycles. The summed E-state index contributed by atoms with van der Waals surface area (Å²) < 4.78 is 26.8. The fourth-order valence-electron chi connectivity index (χ4n) is 2.11. The number of nitrogen functional groups attached to an aromatic ring is 1. The van der Waals surface area contributed by atoms with Gasteiger partial charge < -0.3 is 5.73 Å². The van der Waals surface area contributed by atoms with E-state index in [1.54, 1.807) is 31.4 Å². The Kier molecular flexibility index (Phi) is 4.49. The number of pyridine rings is 1. The first-order chi connectivity index (χ1) is 9.84. The summed E-state index contributed by atoms with van der Waals surface area (Å²) in [4.78, 5) is 4.41. The SMILES string of the molecule is CC(C)CCN(C)S(=O)(=O)c1ccc(N)c2cccnc12. The molecule has 1 aromatic heterocycles. The lowest BCUT2D eigenvalue weighted by atomic mass is 10.1. The monoisotopic (exact) mass is 307 g/mol. The minimum absolute atomic E-state index is 0.207. The van der Waals surface area contributed by atoms with Crippen molar-refractivity contribution in [3.63, 3.8) is 0 Å². The third-order valence-corrected chi connectivity index (χ3v) is 5.36. The first kappa shape index (κ1) is 15.7. The van der Waals surface area contributed by atoms with Crippen molar-refractivity contribution in [2.75, 3.05) is 19.3 Å². The Labute approximate surface area is 125 Å². The Hall–Kier alpha value is -1.66. The normalized spacial score (nSPS) is 12.4. The number of rotatable bonds is 5. The molecule has 2 aromatic rings. The molecule has 5 nitrogen and oxygen atoms in total. The molecule has 0 amide bonds. The average molecular weight is 307 g/mol. The zero-order valence-electron chi connectivity index (χ0n) is 12.6. The van der Waals surface area contributed by atoms with Crippen LogP contribution in [0.1, 0.15) is 20.3 Å². The van der Waals surface area contributed by atoms with E-state index in [4.69, 9.17) is 5.73 Å². The molecule has 21 heavy (non-hydrogen) atoms. The Morgan fingerprint density at radius 2 is 2.00 bits per heavy atom. The van der Waals surface area contributed by atoms with Gasteiger partial charge in [0.25, 0.3) is 0 Å². The topological polar surface area (TPSA) is 76.3 Å². The standard InChI is InChI=1S/C15H21N3O2S/c1-11(2)8-10-18(3)21(19,20)14-7-6-13(16)12-5-4-9-17-15(12)14/h4-7,9,11H,8,10,16H2,1-3H3. The van der Waals surface area contributed by atoms with Crippen LogP contribution in [0.25, 0.3) is 10.9 Å². The van der Waals surface area contributed by atoms with Gasteiger partial charge in [-0.25, -0.2) is 12.7 Å². The van der Waals surface area contributed by atoms with E-state index in [1.807, 2.05) is 0 Å². The van der Waals surface area contributed by atoms with Gasteiger partial charge in [-0.3, -0.25) is 4.98 Å². The van der Waals surface area contributed by atoms with Gasteiger partial charge in [-0.15, -0.1) is 0 Å². The summed E-state index contributed by atoms with van der Waals surface area (Å²) in [6, 6.07) is 6.68. The van der Waals surface area contributed by atoms with Crippen LogP contribution in [0, 0.1) is 5.92 Å². The molecule has 1 aromatic carbocycles. The maximum Gasteiger partial charge on any atom is 0.244 e. The average Bonchev–Trinajstić information content (AvgIpc) is 2.45. The lowest BCUT2D eigenvalue weighted by Gasteiger charge is -2.19. The molecule has 6 heteroatoms. The summed E-state index contributed by atoms with van der Waals surface area (Å²) in [5, 5.41) is 0.663. The van der Waals surface area contributed by atoms with Crippen molar-refractivity contribution >= 4 is 26.6 Å². The fourth-order valence-corrected chi connectivity index (χ4v) is 3.43. The number of sulfonamides is 1. The number of fused-ring (bicyclic) bond motifs is 1. The number of nitrogens with zero attached hydrogens (tertiary/aromatic N) is 2. The summed E-state index contributed by atoms with van der Waals surface area (Å²) >= 11 is 0. The molecule has 114 valence electrons. The molecule has 0 aliphatic carbocycles. The van der Waals surface area contributed by atoms with E-state index >= 15 is 0 Å². The molecule has 0 aliphatic rings. The van der Waals surface area contributed by atoms with Crippen LogP contribution < -0.4 is 5.73 Å². The molecular formula is C15H21N3O2S. The minimum Gasteiger partial charge on any atom is -0.398 e. The quantitative estimate of drug-likeness (QED) is 0.861. The van der Waals surface area contributed by atoms with E-state index in [1.165, 1.54) is 10.4 Å². The number of hydrogen-bond acceptors (Lipinski definition) is 4. The first-order valence-corrected chi connectivity index (χ1v) is 8.37. The van der Waals surface area contributed by atoms with Gasteiger partial charge in [0, 0.05) is 30.9 Å². The number of nitrogens with two attached hydrogens (primary N) is 1. The van der Waals surface area contributed by atoms with Crippen LogP contribution in [0.3, 0.4) is 0 Å². The van der Waals surface area contributed by atoms with E-state index in [0.717, 1.165) is 6.42 Å². The smallest absolute Gasteiger partial charge is 0.244 e. The first-order valence-electron chi connectivity index (χ1n) is 6.93. The highest BCUT2D eigenvalue weighted by Crippen LogP contribution is 2.27. The van der Waals surface area contributed by atoms with E-state index in [9.17, 15) is 8.42 Å². The van der Waals surface area contributed by atoms with E-state index in [0.29, 0.717) is 29.1 Å². The van der Waals surface area contributed by atoms with Crippen molar-refractivity contribution in [2.45, 2.75) is 25.2 Å². The second kappa shape index (κ2) is 5.99. The Morgan fingerprint density at radius 3 is 2.67 bits per heavy atom. The predicted octanol–water partition coefficient (Wildman–Crippen LogP) is 2.48. The largest absolute Gasteiger partial charge is 0.398 e. The van der Waals surface area contributed by atoms with Crippen LogP contribution in [-0.4, -0.2) is 31.3 Å². The second-order valence-electron chi connectivity index (χ2n) is 5.56. The lowest BCUT2D eigenvalue weighted by molar-refractivity contribution is 0.428. The zero-order chi connectivity index (χ0) is 15.6. The molecule has 2 rings (SSSR count). The Balaban J connectivity index is 2.48. The van der Waals surface area contributed by atoms with Crippen molar-refractivity contribution in [3.8, 4) is 0 Å². The van der Waals surface area contributed by atoms with Gasteiger partial charge in [0.15, 0.2) is 0 Å². The highest BCUT2D eigenvalue weighted by Gasteiger charge is 2.24. The van der Waals surface area contributed by atoms with E-state index in [-0.39, 0.29) is 4.90 Å². The molecule has 0 spiro atoms. The van der Waals surface area contributed by atoms with E-state index < -0.39 is 10.0 Å². The molecule has 0 atom stereocenters. The minimum atomic E-state index is -3.56. The maximum absolute atomic E-state index is 12.7. The molecule has 0 bridgehead atoms. The van der Waals surface area contributed by atoms with Crippen LogP contribution in [-0.2, 0) is 10.0 Å². The molecule has 1 heterocycles. The molecular weight excluding hydrogens is 286 g/mol. The third-order valence-electron chi connectivity index (χ3n) is 3.48. The number of anilines is 1. The van der Waals surface area contributed by atoms with Crippen LogP contribution >= 0.6 is 0 Å². The highest BCUT2D eigenvalue weighted by molar-refractivity contribution is 7.89. The van der Waals surface area contributed by atoms with Crippen molar-refractivity contribution in [1.29, 1.82) is 0 Å². The van der Waals surface area contributed by atoms with Crippen LogP contribution in [0.5, 0.6) is 0 Å². The highest BCUT2D eigenvalue weighted by atomic mass is 32.2. The summed E-state index contributed by atoms with van der Waals surface area (Å²) in [5.74, 6) is 0.448. The number of benzene rings is 1. The summed E-state index contributed by atoms with van der Waals surface area (Å²) in [6.45, 7) is 4.62. The van der Waals surface area contributed by atoms with Gasteiger partial charge in [0.2, 0.25) is 10.0 Å². The zero-order valence-corrected chi connectivity index (χ0v) is 13.4. The van der Waals surface area contributed by atoms with Crippen LogP contribution in [0.4, 0.5) is 5.69 Å². The van der Waals surface area contributed by atoms with Crippen molar-refractivity contribution in [2.24, 2.45) is 5.92 Å². The number of hydrogen-bond donors (Lipinski definition) is 1. The van der Waals surface area contributed by atoms with Gasteiger partial charge in [-0.05, 0) is 36.6 Å². The fraction of sp³-hybridized carbons (Fsp3) is 0.400. The van der Waals surface area contributed by atoms with E-state index in [2.05, 4.69) is 18.8 Å². The molecule has 0 radical (unpaired) electrons. The Bertz CT molecular complexity index is 742. The molecule has 0 fully saturated rings. The summed E-state index contributed by atoms with van der Waals surface area (Å²) in [6.07, 6.45) is 2.39. The van der Waals surface area contributed by atoms with Gasteiger partial charge in [-0.2, -0.15) is 0 Å². The van der Waals surface area contributed by atoms with Crippen molar-refractivity contribution in [3.05, 3.63) is 30.5 Å². The number of aromatic nitrogens is 1. The van der Waals surface area contributed by atoms with Gasteiger partial charge in [0.05, 0.1) is 5.52 Å². The van der Waals surface area contributed by atoms with Crippen molar-refractivity contribution < 1.29 is 8.42 Å². The van der Waals surface area contributed by atoms with Gasteiger partial charge in [-0.1, -0.05) is 13.8 Å². The van der Waals surface area contributed by atoms with Crippen LogP contribution in [0.15, 0.2) is 35.4 Å². The Morgan fingerprint density at radius 1 is 1.29 bits per heavy atom. The van der Waals surface area contributed by atoms with Gasteiger partial charge >= 0.3 is 0 Å². The lowest BCUT2D eigenvalue weighted by Crippen LogP contribution is -2.29. The summed E-state index contributed by atoms with van der Waals surface area (Å²) in [7, 11) is -1.96. The molecule has 2 N–H and O–H groups in total. The second-order valence-corrected chi connectivity index (χ2v) is 7.57. The van der Waals surface area contributed by atoms with Gasteiger partial charge in [0.1, 0.15) is 4.90 Å². The molecule has 0 unspecified atom stereocenters. The molecule has 0 saturated heterocycles. The van der Waals surface area contributed by atoms with Crippen molar-refractivity contribution in [1.82, 2.24) is 9.29 Å².